The maximum atomic E-state index is 13.4. The summed E-state index contributed by atoms with van der Waals surface area (Å²) in [7, 11) is 0. The molecule has 1 amide bonds. The molecule has 6 heteroatoms. The monoisotopic (exact) mass is 245 g/mol. The van der Waals surface area contributed by atoms with Gasteiger partial charge in [-0.2, -0.15) is 0 Å². The first kappa shape index (κ1) is 11.9. The van der Waals surface area contributed by atoms with E-state index in [2.05, 4.69) is 0 Å². The quantitative estimate of drug-likeness (QED) is 0.751. The molecule has 0 atom stereocenters. The average molecular weight is 245 g/mol. The molecule has 1 aliphatic rings. The number of nitrogens with zero attached hydrogens (tertiary/aromatic N) is 1. The first-order valence-electron chi connectivity index (χ1n) is 5.11. The van der Waals surface area contributed by atoms with Gasteiger partial charge in [-0.05, 0) is 0 Å². The minimum absolute atomic E-state index is 0.273. The number of amides is 1. The van der Waals surface area contributed by atoms with Crippen LogP contribution in [0.2, 0.25) is 0 Å². The fourth-order valence-electron chi connectivity index (χ4n) is 1.67. The third-order valence-electron chi connectivity index (χ3n) is 2.52. The van der Waals surface area contributed by atoms with Crippen LogP contribution in [0.4, 0.5) is 13.2 Å². The molecule has 2 rings (SSSR count). The number of morpholine rings is 1. The number of benzene rings is 1. The van der Waals surface area contributed by atoms with Crippen molar-refractivity contribution in [2.75, 3.05) is 26.3 Å². The van der Waals surface area contributed by atoms with Crippen molar-refractivity contribution in [1.82, 2.24) is 4.90 Å². The Hall–Kier alpha value is -1.56. The Morgan fingerprint density at radius 2 is 1.65 bits per heavy atom. The topological polar surface area (TPSA) is 29.5 Å². The molecule has 3 nitrogen and oxygen atoms in total. The molecule has 0 N–H and O–H groups in total. The zero-order valence-electron chi connectivity index (χ0n) is 8.88. The molecule has 0 aromatic heterocycles. The summed E-state index contributed by atoms with van der Waals surface area (Å²) in [5.74, 6) is -4.18. The van der Waals surface area contributed by atoms with Crippen LogP contribution in [0.15, 0.2) is 12.1 Å². The summed E-state index contributed by atoms with van der Waals surface area (Å²) in [4.78, 5) is 13.1. The standard InChI is InChI=1S/C11H10F3NO2/c12-7-5-8(13)10(9(14)6-7)11(16)15-1-3-17-4-2-15/h5-6H,1-4H2. The third kappa shape index (κ3) is 2.41. The van der Waals surface area contributed by atoms with Crippen LogP contribution in [-0.2, 0) is 4.74 Å². The predicted octanol–water partition coefficient (Wildman–Crippen LogP) is 1.58. The summed E-state index contributed by atoms with van der Waals surface area (Å²) >= 11 is 0. The molecule has 1 aliphatic heterocycles. The number of ether oxygens (including phenoxy) is 1. The number of carbonyl (C=O) groups excluding carboxylic acids is 1. The van der Waals surface area contributed by atoms with E-state index in [1.165, 1.54) is 4.90 Å². The number of halogens is 3. The van der Waals surface area contributed by atoms with Gasteiger partial charge < -0.3 is 9.64 Å². The van der Waals surface area contributed by atoms with Crippen molar-refractivity contribution in [3.05, 3.63) is 35.1 Å². The van der Waals surface area contributed by atoms with Crippen LogP contribution in [0.5, 0.6) is 0 Å². The second-order valence-electron chi connectivity index (χ2n) is 3.65. The van der Waals surface area contributed by atoms with Gasteiger partial charge in [0.2, 0.25) is 0 Å². The molecular weight excluding hydrogens is 235 g/mol. The molecule has 92 valence electrons. The molecule has 1 aromatic carbocycles. The van der Waals surface area contributed by atoms with Gasteiger partial charge in [0.1, 0.15) is 23.0 Å². The van der Waals surface area contributed by atoms with Crippen molar-refractivity contribution in [2.45, 2.75) is 0 Å². The Bertz CT molecular complexity index is 421. The van der Waals surface area contributed by atoms with E-state index in [-0.39, 0.29) is 13.1 Å². The summed E-state index contributed by atoms with van der Waals surface area (Å²) < 4.78 is 44.4. The van der Waals surface area contributed by atoms with E-state index < -0.39 is 28.9 Å². The van der Waals surface area contributed by atoms with Gasteiger partial charge in [-0.3, -0.25) is 4.79 Å². The van der Waals surface area contributed by atoms with Gasteiger partial charge in [-0.25, -0.2) is 13.2 Å². The van der Waals surface area contributed by atoms with Crippen LogP contribution in [0, 0.1) is 17.5 Å². The van der Waals surface area contributed by atoms with Gasteiger partial charge in [0.05, 0.1) is 13.2 Å². The summed E-state index contributed by atoms with van der Waals surface area (Å²) in [6.07, 6.45) is 0. The molecule has 17 heavy (non-hydrogen) atoms. The molecule has 0 spiro atoms. The summed E-state index contributed by atoms with van der Waals surface area (Å²) in [5.41, 5.74) is -0.715. The van der Waals surface area contributed by atoms with Gasteiger partial charge >= 0.3 is 0 Å². The summed E-state index contributed by atoms with van der Waals surface area (Å²) in [5, 5.41) is 0. The Morgan fingerprint density at radius 1 is 1.12 bits per heavy atom. The van der Waals surface area contributed by atoms with Crippen LogP contribution in [-0.4, -0.2) is 37.1 Å². The van der Waals surface area contributed by atoms with E-state index >= 15 is 0 Å². The predicted molar refractivity (Wildman–Crippen MR) is 53.0 cm³/mol. The number of hydrogen-bond acceptors (Lipinski definition) is 2. The van der Waals surface area contributed by atoms with Crippen LogP contribution in [0.1, 0.15) is 10.4 Å². The van der Waals surface area contributed by atoms with Crippen molar-refractivity contribution in [3.8, 4) is 0 Å². The highest BCUT2D eigenvalue weighted by Gasteiger charge is 2.25. The number of rotatable bonds is 1. The fraction of sp³-hybridized carbons (Fsp3) is 0.364. The number of carbonyl (C=O) groups is 1. The normalized spacial score (nSPS) is 16.1. The molecule has 0 saturated carbocycles. The molecule has 0 unspecified atom stereocenters. The average Bonchev–Trinajstić information content (AvgIpc) is 2.28. The smallest absolute Gasteiger partial charge is 0.259 e. The van der Waals surface area contributed by atoms with Crippen LogP contribution < -0.4 is 0 Å². The highest BCUT2D eigenvalue weighted by atomic mass is 19.1. The minimum atomic E-state index is -1.18. The van der Waals surface area contributed by atoms with Crippen molar-refractivity contribution in [1.29, 1.82) is 0 Å². The maximum Gasteiger partial charge on any atom is 0.259 e. The van der Waals surface area contributed by atoms with E-state index in [1.54, 1.807) is 0 Å². The van der Waals surface area contributed by atoms with Gasteiger partial charge in [0.15, 0.2) is 0 Å². The Balaban J connectivity index is 2.30. The zero-order valence-corrected chi connectivity index (χ0v) is 8.88. The van der Waals surface area contributed by atoms with E-state index in [0.29, 0.717) is 25.3 Å². The highest BCUT2D eigenvalue weighted by molar-refractivity contribution is 5.94. The van der Waals surface area contributed by atoms with Crippen molar-refractivity contribution in [2.24, 2.45) is 0 Å². The lowest BCUT2D eigenvalue weighted by Crippen LogP contribution is -2.41. The van der Waals surface area contributed by atoms with Crippen LogP contribution in [0.3, 0.4) is 0 Å². The first-order valence-corrected chi connectivity index (χ1v) is 5.11. The zero-order chi connectivity index (χ0) is 12.4. The third-order valence-corrected chi connectivity index (χ3v) is 2.52. The molecule has 1 heterocycles. The Kier molecular flexibility index (Phi) is 3.33. The maximum absolute atomic E-state index is 13.4. The van der Waals surface area contributed by atoms with Gasteiger partial charge in [-0.1, -0.05) is 0 Å². The summed E-state index contributed by atoms with van der Waals surface area (Å²) in [6.45, 7) is 1.20. The van der Waals surface area contributed by atoms with Crippen molar-refractivity contribution >= 4 is 5.91 Å². The lowest BCUT2D eigenvalue weighted by atomic mass is 10.1. The van der Waals surface area contributed by atoms with E-state index in [4.69, 9.17) is 4.74 Å². The molecule has 0 bridgehead atoms. The molecule has 0 radical (unpaired) electrons. The van der Waals surface area contributed by atoms with Crippen molar-refractivity contribution < 1.29 is 22.7 Å². The SMILES string of the molecule is O=C(c1c(F)cc(F)cc1F)N1CCOCC1. The van der Waals surface area contributed by atoms with Gasteiger partial charge in [-0.15, -0.1) is 0 Å². The van der Waals surface area contributed by atoms with E-state index in [0.717, 1.165) is 0 Å². The summed E-state index contributed by atoms with van der Waals surface area (Å²) in [6, 6.07) is 0.994. The van der Waals surface area contributed by atoms with Gasteiger partial charge in [0, 0.05) is 25.2 Å². The lowest BCUT2D eigenvalue weighted by molar-refractivity contribution is 0.0296. The van der Waals surface area contributed by atoms with Gasteiger partial charge in [0.25, 0.3) is 5.91 Å². The molecule has 1 saturated heterocycles. The molecule has 0 aliphatic carbocycles. The van der Waals surface area contributed by atoms with Crippen molar-refractivity contribution in [3.63, 3.8) is 0 Å². The highest BCUT2D eigenvalue weighted by Crippen LogP contribution is 2.17. The fourth-order valence-corrected chi connectivity index (χ4v) is 1.67. The second-order valence-corrected chi connectivity index (χ2v) is 3.65. The minimum Gasteiger partial charge on any atom is -0.378 e. The second kappa shape index (κ2) is 4.75. The molecular formula is C11H10F3NO2. The Labute approximate surface area is 95.8 Å². The molecule has 1 aromatic rings. The van der Waals surface area contributed by atoms with Crippen LogP contribution in [0.25, 0.3) is 0 Å². The van der Waals surface area contributed by atoms with E-state index in [1.807, 2.05) is 0 Å². The Morgan fingerprint density at radius 3 is 2.18 bits per heavy atom. The number of hydrogen-bond donors (Lipinski definition) is 0. The molecule has 1 fully saturated rings. The largest absolute Gasteiger partial charge is 0.378 e. The van der Waals surface area contributed by atoms with Crippen LogP contribution >= 0.6 is 0 Å². The lowest BCUT2D eigenvalue weighted by Gasteiger charge is -2.27. The first-order chi connectivity index (χ1) is 8.09. The van der Waals surface area contributed by atoms with E-state index in [9.17, 15) is 18.0 Å².